The first kappa shape index (κ1) is 18.1. The lowest BCUT2D eigenvalue weighted by molar-refractivity contribution is -0.140. The van der Waals surface area contributed by atoms with Crippen molar-refractivity contribution in [3.8, 4) is 11.5 Å². The molecule has 0 aromatic heterocycles. The van der Waals surface area contributed by atoms with Gasteiger partial charge in [0.1, 0.15) is 6.04 Å². The number of carbonyl (C=O) groups is 2. The highest BCUT2D eigenvalue weighted by Crippen LogP contribution is 2.37. The summed E-state index contributed by atoms with van der Waals surface area (Å²) in [6.07, 6.45) is 0.509. The summed E-state index contributed by atoms with van der Waals surface area (Å²) in [7, 11) is 0. The van der Waals surface area contributed by atoms with Gasteiger partial charge in [0.05, 0.1) is 4.90 Å². The smallest absolute Gasteiger partial charge is 0.327 e. The molecule has 0 aliphatic carbocycles. The molecule has 1 rings (SSSR count). The summed E-state index contributed by atoms with van der Waals surface area (Å²) >= 11 is 1.03. The molecular weight excluding hydrogens is 308 g/mol. The molecule has 1 aromatic carbocycles. The van der Waals surface area contributed by atoms with Crippen LogP contribution in [0.5, 0.6) is 11.5 Å². The maximum absolute atomic E-state index is 11.1. The predicted molar refractivity (Wildman–Crippen MR) is 83.1 cm³/mol. The summed E-state index contributed by atoms with van der Waals surface area (Å²) in [5.74, 6) is -2.20. The van der Waals surface area contributed by atoms with Gasteiger partial charge in [0.15, 0.2) is 11.5 Å². The minimum absolute atomic E-state index is 0.0174. The van der Waals surface area contributed by atoms with E-state index in [9.17, 15) is 19.8 Å². The number of carbonyl (C=O) groups excluding carboxylic acids is 1. The second kappa shape index (κ2) is 7.90. The molecule has 0 aliphatic heterocycles. The Morgan fingerprint density at radius 3 is 2.50 bits per heavy atom. The van der Waals surface area contributed by atoms with Crippen LogP contribution >= 0.6 is 11.8 Å². The molecule has 0 fully saturated rings. The number of aromatic hydroxyl groups is 2. The van der Waals surface area contributed by atoms with Crippen LogP contribution in [0, 0.1) is 0 Å². The number of nitrogens with one attached hydrogen (secondary N) is 1. The summed E-state index contributed by atoms with van der Waals surface area (Å²) < 4.78 is 0. The second-order valence-corrected chi connectivity index (χ2v) is 6.11. The van der Waals surface area contributed by atoms with Crippen LogP contribution < -0.4 is 11.1 Å². The van der Waals surface area contributed by atoms with Crippen molar-refractivity contribution in [2.75, 3.05) is 5.75 Å². The normalized spacial score (nSPS) is 13.4. The summed E-state index contributed by atoms with van der Waals surface area (Å²) in [4.78, 5) is 22.4. The highest BCUT2D eigenvalue weighted by molar-refractivity contribution is 7.99. The van der Waals surface area contributed by atoms with Crippen molar-refractivity contribution < 1.29 is 24.9 Å². The third kappa shape index (κ3) is 5.45. The number of carboxylic acid groups (broad SMARTS) is 1. The van der Waals surface area contributed by atoms with Crippen LogP contribution in [0.4, 0.5) is 0 Å². The Morgan fingerprint density at radius 2 is 2.00 bits per heavy atom. The van der Waals surface area contributed by atoms with Crippen LogP contribution in [-0.4, -0.2) is 45.0 Å². The Kier molecular flexibility index (Phi) is 6.51. The Morgan fingerprint density at radius 1 is 1.36 bits per heavy atom. The van der Waals surface area contributed by atoms with Crippen LogP contribution in [-0.2, 0) is 16.0 Å². The van der Waals surface area contributed by atoms with E-state index in [0.29, 0.717) is 11.3 Å². The number of rotatable bonds is 7. The molecule has 122 valence electrons. The van der Waals surface area contributed by atoms with Crippen LogP contribution in [0.1, 0.15) is 19.4 Å². The largest absolute Gasteiger partial charge is 0.504 e. The van der Waals surface area contributed by atoms with Gasteiger partial charge in [-0.15, -0.1) is 11.8 Å². The van der Waals surface area contributed by atoms with E-state index < -0.39 is 17.9 Å². The number of phenols is 2. The Hall–Kier alpha value is -1.93. The molecule has 2 atom stereocenters. The lowest BCUT2D eigenvalue weighted by atomic mass is 10.1. The van der Waals surface area contributed by atoms with E-state index in [-0.39, 0.29) is 23.3 Å². The maximum Gasteiger partial charge on any atom is 0.327 e. The quantitative estimate of drug-likeness (QED) is 0.367. The van der Waals surface area contributed by atoms with Crippen molar-refractivity contribution in [1.29, 1.82) is 0 Å². The first-order valence-corrected chi connectivity index (χ1v) is 7.62. The van der Waals surface area contributed by atoms with Gasteiger partial charge in [0, 0.05) is 18.7 Å². The molecule has 0 spiro atoms. The Bertz CT molecular complexity index is 562. The van der Waals surface area contributed by atoms with Crippen molar-refractivity contribution in [3.63, 3.8) is 0 Å². The number of aliphatic carboxylic acids is 1. The summed E-state index contributed by atoms with van der Waals surface area (Å²) in [5, 5.41) is 30.9. The zero-order chi connectivity index (χ0) is 16.9. The number of benzene rings is 1. The average Bonchev–Trinajstić information content (AvgIpc) is 2.38. The zero-order valence-corrected chi connectivity index (χ0v) is 13.2. The first-order valence-electron chi connectivity index (χ1n) is 6.63. The van der Waals surface area contributed by atoms with E-state index in [0.717, 1.165) is 17.3 Å². The molecule has 6 N–H and O–H groups in total. The number of hydrogen-bond donors (Lipinski definition) is 5. The molecule has 7 nitrogen and oxygen atoms in total. The lowest BCUT2D eigenvalue weighted by Crippen LogP contribution is -2.41. The fraction of sp³-hybridized carbons (Fsp3) is 0.429. The Balaban J connectivity index is 2.89. The van der Waals surface area contributed by atoms with Gasteiger partial charge in [-0.1, -0.05) is 0 Å². The number of thioether (sulfide) groups is 1. The number of hydrogen-bond acceptors (Lipinski definition) is 6. The highest BCUT2D eigenvalue weighted by atomic mass is 32.2. The number of phenolic OH excluding ortho intramolecular Hbond substituents is 2. The standard InChI is InChI=1S/C14H20N2O5S/c1-7(15)3-9-4-11(18)13(19)12(5-9)22-6-10(14(20)21)16-8(2)17/h4-5,7,10,18-19H,3,6,15H2,1-2H3,(H,16,17)(H,20,21)/t7?,10-/m0/s1. The third-order valence-electron chi connectivity index (χ3n) is 2.75. The molecule has 0 heterocycles. The third-order valence-corrected chi connectivity index (χ3v) is 3.88. The molecular formula is C14H20N2O5S. The fourth-order valence-electron chi connectivity index (χ4n) is 1.84. The minimum atomic E-state index is -1.17. The van der Waals surface area contributed by atoms with E-state index in [2.05, 4.69) is 5.32 Å². The molecule has 0 aliphatic rings. The van der Waals surface area contributed by atoms with Crippen molar-refractivity contribution in [2.24, 2.45) is 5.73 Å². The van der Waals surface area contributed by atoms with Gasteiger partial charge >= 0.3 is 5.97 Å². The predicted octanol–water partition coefficient (Wildman–Crippen LogP) is 0.669. The van der Waals surface area contributed by atoms with Gasteiger partial charge in [-0.25, -0.2) is 4.79 Å². The number of carboxylic acids is 1. The second-order valence-electron chi connectivity index (χ2n) is 5.05. The SMILES string of the molecule is CC(=O)N[C@@H](CSc1cc(CC(C)N)cc(O)c1O)C(=O)O. The molecule has 0 saturated carbocycles. The van der Waals surface area contributed by atoms with Gasteiger partial charge in [0.2, 0.25) is 5.91 Å². The van der Waals surface area contributed by atoms with E-state index in [4.69, 9.17) is 10.8 Å². The zero-order valence-electron chi connectivity index (χ0n) is 12.4. The monoisotopic (exact) mass is 328 g/mol. The van der Waals surface area contributed by atoms with E-state index in [1.807, 2.05) is 6.92 Å². The van der Waals surface area contributed by atoms with Crippen molar-refractivity contribution >= 4 is 23.6 Å². The molecule has 1 amide bonds. The topological polar surface area (TPSA) is 133 Å². The molecule has 1 aromatic rings. The van der Waals surface area contributed by atoms with Crippen molar-refractivity contribution in [2.45, 2.75) is 37.2 Å². The summed E-state index contributed by atoms with van der Waals surface area (Å²) in [6.45, 7) is 3.04. The number of nitrogens with two attached hydrogens (primary N) is 1. The van der Waals surface area contributed by atoms with Crippen LogP contribution in [0.3, 0.4) is 0 Å². The van der Waals surface area contributed by atoms with Gasteiger partial charge in [-0.3, -0.25) is 4.79 Å². The average molecular weight is 328 g/mol. The van der Waals surface area contributed by atoms with Gasteiger partial charge < -0.3 is 26.4 Å². The van der Waals surface area contributed by atoms with Crippen molar-refractivity contribution in [3.05, 3.63) is 17.7 Å². The van der Waals surface area contributed by atoms with E-state index in [1.54, 1.807) is 6.07 Å². The molecule has 0 radical (unpaired) electrons. The van der Waals surface area contributed by atoms with Gasteiger partial charge in [0.25, 0.3) is 0 Å². The van der Waals surface area contributed by atoms with Crippen LogP contribution in [0.25, 0.3) is 0 Å². The van der Waals surface area contributed by atoms with Gasteiger partial charge in [-0.05, 0) is 31.0 Å². The first-order chi connectivity index (χ1) is 10.2. The maximum atomic E-state index is 11.1. The number of amides is 1. The molecule has 1 unspecified atom stereocenters. The van der Waals surface area contributed by atoms with Crippen LogP contribution in [0.15, 0.2) is 17.0 Å². The highest BCUT2D eigenvalue weighted by Gasteiger charge is 2.20. The lowest BCUT2D eigenvalue weighted by Gasteiger charge is -2.15. The molecule has 8 heteroatoms. The fourth-order valence-corrected chi connectivity index (χ4v) is 2.89. The van der Waals surface area contributed by atoms with Crippen molar-refractivity contribution in [1.82, 2.24) is 5.32 Å². The van der Waals surface area contributed by atoms with Gasteiger partial charge in [-0.2, -0.15) is 0 Å². The van der Waals surface area contributed by atoms with Crippen LogP contribution in [0.2, 0.25) is 0 Å². The Labute approximate surface area is 132 Å². The molecule has 0 saturated heterocycles. The molecule has 22 heavy (non-hydrogen) atoms. The summed E-state index contributed by atoms with van der Waals surface area (Å²) in [6, 6.07) is 1.87. The van der Waals surface area contributed by atoms with E-state index in [1.165, 1.54) is 13.0 Å². The molecule has 0 bridgehead atoms. The van der Waals surface area contributed by atoms with E-state index >= 15 is 0 Å². The summed E-state index contributed by atoms with van der Waals surface area (Å²) in [5.41, 5.74) is 6.44. The minimum Gasteiger partial charge on any atom is -0.504 e.